The standard InChI is InChI=1S/C15H22N2OS/c1-15(7-2-3-13(15)16)14(18)17(12-4-5-12)9-11-6-8-19-10-11/h6,8,10,12-13H,2-5,7,9,16H2,1H3. The maximum Gasteiger partial charge on any atom is 0.230 e. The van der Waals surface area contributed by atoms with Crippen LogP contribution in [0, 0.1) is 5.41 Å². The highest BCUT2D eigenvalue weighted by molar-refractivity contribution is 7.07. The molecule has 1 aromatic heterocycles. The summed E-state index contributed by atoms with van der Waals surface area (Å²) in [5.74, 6) is 0.284. The molecule has 104 valence electrons. The molecule has 2 atom stereocenters. The molecular formula is C15H22N2OS. The number of nitrogens with two attached hydrogens (primary N) is 1. The Bertz CT molecular complexity index is 455. The summed E-state index contributed by atoms with van der Waals surface area (Å²) in [6, 6.07) is 2.60. The molecule has 2 saturated carbocycles. The van der Waals surface area contributed by atoms with E-state index in [1.54, 1.807) is 11.3 Å². The molecule has 2 N–H and O–H groups in total. The minimum absolute atomic E-state index is 0.0312. The molecule has 0 aromatic carbocycles. The molecule has 0 radical (unpaired) electrons. The molecule has 3 rings (SSSR count). The molecule has 0 bridgehead atoms. The third-order valence-electron chi connectivity index (χ3n) is 4.70. The van der Waals surface area contributed by atoms with E-state index in [1.807, 2.05) is 0 Å². The Balaban J connectivity index is 1.78. The minimum atomic E-state index is -0.335. The molecule has 1 amide bonds. The van der Waals surface area contributed by atoms with Crippen molar-refractivity contribution in [2.45, 2.75) is 57.7 Å². The van der Waals surface area contributed by atoms with E-state index in [-0.39, 0.29) is 17.4 Å². The quantitative estimate of drug-likeness (QED) is 0.920. The van der Waals surface area contributed by atoms with Gasteiger partial charge >= 0.3 is 0 Å². The van der Waals surface area contributed by atoms with Gasteiger partial charge < -0.3 is 10.6 Å². The van der Waals surface area contributed by atoms with Crippen molar-refractivity contribution in [1.29, 1.82) is 0 Å². The van der Waals surface area contributed by atoms with Crippen molar-refractivity contribution in [2.24, 2.45) is 11.1 Å². The van der Waals surface area contributed by atoms with E-state index in [1.165, 1.54) is 5.56 Å². The fourth-order valence-electron chi connectivity index (χ4n) is 3.12. The van der Waals surface area contributed by atoms with E-state index in [0.717, 1.165) is 38.6 Å². The Labute approximate surface area is 118 Å². The van der Waals surface area contributed by atoms with E-state index >= 15 is 0 Å². The fourth-order valence-corrected chi connectivity index (χ4v) is 3.78. The van der Waals surface area contributed by atoms with Crippen molar-refractivity contribution < 1.29 is 4.79 Å². The van der Waals surface area contributed by atoms with Gasteiger partial charge in [0.15, 0.2) is 0 Å². The number of hydrogen-bond acceptors (Lipinski definition) is 3. The first-order chi connectivity index (χ1) is 9.11. The summed E-state index contributed by atoms with van der Waals surface area (Å²) in [5.41, 5.74) is 7.12. The van der Waals surface area contributed by atoms with Crippen molar-refractivity contribution in [3.63, 3.8) is 0 Å². The summed E-state index contributed by atoms with van der Waals surface area (Å²) in [6.45, 7) is 2.82. The van der Waals surface area contributed by atoms with Crippen molar-refractivity contribution in [1.82, 2.24) is 4.90 Å². The van der Waals surface area contributed by atoms with Crippen LogP contribution in [0.3, 0.4) is 0 Å². The number of hydrogen-bond donors (Lipinski definition) is 1. The van der Waals surface area contributed by atoms with Crippen LogP contribution in [-0.2, 0) is 11.3 Å². The van der Waals surface area contributed by atoms with Gasteiger partial charge in [0.05, 0.1) is 5.41 Å². The van der Waals surface area contributed by atoms with Crippen LogP contribution in [-0.4, -0.2) is 22.9 Å². The fraction of sp³-hybridized carbons (Fsp3) is 0.667. The van der Waals surface area contributed by atoms with Crippen LogP contribution in [0.4, 0.5) is 0 Å². The smallest absolute Gasteiger partial charge is 0.230 e. The Kier molecular flexibility index (Phi) is 3.39. The molecule has 2 aliphatic rings. The van der Waals surface area contributed by atoms with Gasteiger partial charge in [-0.15, -0.1) is 0 Å². The van der Waals surface area contributed by atoms with Gasteiger partial charge in [0, 0.05) is 18.6 Å². The topological polar surface area (TPSA) is 46.3 Å². The summed E-state index contributed by atoms with van der Waals surface area (Å²) >= 11 is 1.69. The van der Waals surface area contributed by atoms with E-state index in [4.69, 9.17) is 5.73 Å². The number of amides is 1. The summed E-state index contributed by atoms with van der Waals surface area (Å²) in [4.78, 5) is 15.0. The van der Waals surface area contributed by atoms with E-state index < -0.39 is 0 Å². The van der Waals surface area contributed by atoms with Gasteiger partial charge in [-0.1, -0.05) is 6.42 Å². The highest BCUT2D eigenvalue weighted by Crippen LogP contribution is 2.41. The van der Waals surface area contributed by atoms with E-state index in [9.17, 15) is 4.79 Å². The molecule has 19 heavy (non-hydrogen) atoms. The number of rotatable bonds is 4. The molecule has 1 aromatic rings. The van der Waals surface area contributed by atoms with Crippen molar-refractivity contribution in [2.75, 3.05) is 0 Å². The SMILES string of the molecule is CC1(C(=O)N(Cc2ccsc2)C2CC2)CCCC1N. The van der Waals surface area contributed by atoms with Crippen LogP contribution in [0.15, 0.2) is 16.8 Å². The third kappa shape index (κ3) is 2.43. The van der Waals surface area contributed by atoms with E-state index in [2.05, 4.69) is 28.7 Å². The number of nitrogens with zero attached hydrogens (tertiary/aromatic N) is 1. The van der Waals surface area contributed by atoms with Gasteiger partial charge in [0.1, 0.15) is 0 Å². The second-order valence-electron chi connectivity index (χ2n) is 6.21. The van der Waals surface area contributed by atoms with Crippen LogP contribution in [0.2, 0.25) is 0 Å². The highest BCUT2D eigenvalue weighted by Gasteiger charge is 2.47. The van der Waals surface area contributed by atoms with Gasteiger partial charge in [-0.05, 0) is 55.0 Å². The predicted octanol–water partition coefficient (Wildman–Crippen LogP) is 2.76. The Morgan fingerprint density at radius 1 is 1.53 bits per heavy atom. The second-order valence-corrected chi connectivity index (χ2v) is 6.99. The normalized spacial score (nSPS) is 30.5. The van der Waals surface area contributed by atoms with E-state index in [0.29, 0.717) is 6.04 Å². The first-order valence-electron chi connectivity index (χ1n) is 7.19. The number of thiophene rings is 1. The van der Waals surface area contributed by atoms with Gasteiger partial charge in [-0.25, -0.2) is 0 Å². The maximum absolute atomic E-state index is 12.9. The van der Waals surface area contributed by atoms with Gasteiger partial charge in [-0.3, -0.25) is 4.79 Å². The molecular weight excluding hydrogens is 256 g/mol. The number of carbonyl (C=O) groups excluding carboxylic acids is 1. The predicted molar refractivity (Wildman–Crippen MR) is 77.8 cm³/mol. The van der Waals surface area contributed by atoms with Crippen LogP contribution in [0.25, 0.3) is 0 Å². The molecule has 3 nitrogen and oxygen atoms in total. The molecule has 0 saturated heterocycles. The zero-order valence-corrected chi connectivity index (χ0v) is 12.3. The Morgan fingerprint density at radius 3 is 2.84 bits per heavy atom. The maximum atomic E-state index is 12.9. The van der Waals surface area contributed by atoms with Crippen LogP contribution < -0.4 is 5.73 Å². The van der Waals surface area contributed by atoms with Gasteiger partial charge in [0.25, 0.3) is 0 Å². The molecule has 2 aliphatic carbocycles. The Morgan fingerprint density at radius 2 is 2.32 bits per heavy atom. The zero-order valence-electron chi connectivity index (χ0n) is 11.5. The lowest BCUT2D eigenvalue weighted by Crippen LogP contribution is -2.49. The molecule has 0 aliphatic heterocycles. The molecule has 2 unspecified atom stereocenters. The third-order valence-corrected chi connectivity index (χ3v) is 5.43. The van der Waals surface area contributed by atoms with Gasteiger partial charge in [-0.2, -0.15) is 11.3 Å². The minimum Gasteiger partial charge on any atom is -0.335 e. The molecule has 4 heteroatoms. The summed E-state index contributed by atoms with van der Waals surface area (Å²) in [5, 5.41) is 4.22. The largest absolute Gasteiger partial charge is 0.335 e. The summed E-state index contributed by atoms with van der Waals surface area (Å²) in [6.07, 6.45) is 5.32. The summed E-state index contributed by atoms with van der Waals surface area (Å²) < 4.78 is 0. The van der Waals surface area contributed by atoms with Gasteiger partial charge in [0.2, 0.25) is 5.91 Å². The lowest BCUT2D eigenvalue weighted by atomic mass is 9.83. The highest BCUT2D eigenvalue weighted by atomic mass is 32.1. The average molecular weight is 278 g/mol. The average Bonchev–Trinajstić information content (AvgIpc) is 3.00. The first-order valence-corrected chi connectivity index (χ1v) is 8.13. The summed E-state index contributed by atoms with van der Waals surface area (Å²) in [7, 11) is 0. The first kappa shape index (κ1) is 13.1. The van der Waals surface area contributed by atoms with Crippen LogP contribution >= 0.6 is 11.3 Å². The monoisotopic (exact) mass is 278 g/mol. The molecule has 1 heterocycles. The van der Waals surface area contributed by atoms with Crippen LogP contribution in [0.1, 0.15) is 44.6 Å². The van der Waals surface area contributed by atoms with Crippen LogP contribution in [0.5, 0.6) is 0 Å². The lowest BCUT2D eigenvalue weighted by Gasteiger charge is -2.34. The van der Waals surface area contributed by atoms with Crippen molar-refractivity contribution in [3.05, 3.63) is 22.4 Å². The van der Waals surface area contributed by atoms with Crippen molar-refractivity contribution in [3.8, 4) is 0 Å². The molecule has 2 fully saturated rings. The lowest BCUT2D eigenvalue weighted by molar-refractivity contribution is -0.143. The second kappa shape index (κ2) is 4.91. The van der Waals surface area contributed by atoms with Crippen molar-refractivity contribution >= 4 is 17.2 Å². The Hall–Kier alpha value is -0.870. The number of carbonyl (C=O) groups is 1. The zero-order chi connectivity index (χ0) is 13.5. The molecule has 0 spiro atoms.